The number of alkyl halides is 3. The SMILES string of the molecule is CCNC(=O)C(C)c1ccc(O[C@@H]2CCN(c3ccnc(C(F)(F)F)n3)C2)cc1. The molecule has 9 heteroatoms. The van der Waals surface area contributed by atoms with Crippen LogP contribution < -0.4 is 15.0 Å². The van der Waals surface area contributed by atoms with Crippen molar-refractivity contribution < 1.29 is 22.7 Å². The number of nitrogens with one attached hydrogen (secondary N) is 1. The average molecular weight is 408 g/mol. The molecule has 2 atom stereocenters. The molecule has 29 heavy (non-hydrogen) atoms. The first kappa shape index (κ1) is 20.9. The molecular formula is C20H23F3N4O2. The minimum Gasteiger partial charge on any atom is -0.489 e. The van der Waals surface area contributed by atoms with Crippen LogP contribution in [0.4, 0.5) is 19.0 Å². The number of benzene rings is 1. The van der Waals surface area contributed by atoms with Gasteiger partial charge in [-0.15, -0.1) is 0 Å². The summed E-state index contributed by atoms with van der Waals surface area (Å²) >= 11 is 0. The number of anilines is 1. The van der Waals surface area contributed by atoms with E-state index >= 15 is 0 Å². The van der Waals surface area contributed by atoms with E-state index in [0.717, 1.165) is 11.8 Å². The maximum absolute atomic E-state index is 12.8. The zero-order valence-corrected chi connectivity index (χ0v) is 16.2. The monoisotopic (exact) mass is 408 g/mol. The van der Waals surface area contributed by atoms with E-state index in [2.05, 4.69) is 15.3 Å². The van der Waals surface area contributed by atoms with Crippen LogP contribution in [0.5, 0.6) is 5.75 Å². The number of hydrogen-bond acceptors (Lipinski definition) is 5. The highest BCUT2D eigenvalue weighted by molar-refractivity contribution is 5.83. The van der Waals surface area contributed by atoms with Gasteiger partial charge in [-0.25, -0.2) is 9.97 Å². The molecule has 0 saturated carbocycles. The van der Waals surface area contributed by atoms with Crippen molar-refractivity contribution in [2.45, 2.75) is 38.5 Å². The maximum atomic E-state index is 12.8. The van der Waals surface area contributed by atoms with Crippen molar-refractivity contribution in [1.82, 2.24) is 15.3 Å². The number of halogens is 3. The Morgan fingerprint density at radius 1 is 1.31 bits per heavy atom. The van der Waals surface area contributed by atoms with Gasteiger partial charge in [-0.2, -0.15) is 13.2 Å². The van der Waals surface area contributed by atoms with Gasteiger partial charge in [0.1, 0.15) is 17.7 Å². The van der Waals surface area contributed by atoms with E-state index in [0.29, 0.717) is 31.8 Å². The Balaban J connectivity index is 1.60. The molecule has 0 radical (unpaired) electrons. The Bertz CT molecular complexity index is 842. The number of carbonyl (C=O) groups is 1. The van der Waals surface area contributed by atoms with Crippen molar-refractivity contribution >= 4 is 11.7 Å². The van der Waals surface area contributed by atoms with Crippen molar-refractivity contribution in [2.24, 2.45) is 0 Å². The first-order chi connectivity index (χ1) is 13.8. The molecule has 0 spiro atoms. The van der Waals surface area contributed by atoms with Crippen molar-refractivity contribution in [2.75, 3.05) is 24.5 Å². The molecule has 1 fully saturated rings. The zero-order chi connectivity index (χ0) is 21.0. The van der Waals surface area contributed by atoms with Gasteiger partial charge >= 0.3 is 6.18 Å². The third kappa shape index (κ3) is 5.16. The summed E-state index contributed by atoms with van der Waals surface area (Å²) in [5, 5.41) is 2.79. The molecule has 6 nitrogen and oxygen atoms in total. The molecule has 1 saturated heterocycles. The number of nitrogens with zero attached hydrogens (tertiary/aromatic N) is 3. The van der Waals surface area contributed by atoms with Crippen molar-refractivity contribution in [3.8, 4) is 5.75 Å². The normalized spacial score (nSPS) is 17.8. The molecule has 1 aromatic carbocycles. The van der Waals surface area contributed by atoms with Gasteiger partial charge in [-0.1, -0.05) is 12.1 Å². The molecule has 1 aliphatic heterocycles. The number of likely N-dealkylation sites (N-methyl/N-ethyl adjacent to an activating group) is 1. The molecule has 1 aromatic heterocycles. The lowest BCUT2D eigenvalue weighted by Crippen LogP contribution is -2.27. The van der Waals surface area contributed by atoms with Gasteiger partial charge in [0.25, 0.3) is 0 Å². The average Bonchev–Trinajstić information content (AvgIpc) is 3.16. The largest absolute Gasteiger partial charge is 0.489 e. The number of ether oxygens (including phenoxy) is 1. The molecule has 1 unspecified atom stereocenters. The summed E-state index contributed by atoms with van der Waals surface area (Å²) in [6.07, 6.45) is -2.94. The summed E-state index contributed by atoms with van der Waals surface area (Å²) in [6.45, 7) is 5.28. The van der Waals surface area contributed by atoms with E-state index in [-0.39, 0.29) is 23.7 Å². The van der Waals surface area contributed by atoms with E-state index in [1.54, 1.807) is 17.0 Å². The lowest BCUT2D eigenvalue weighted by atomic mass is 10.0. The summed E-state index contributed by atoms with van der Waals surface area (Å²) in [6, 6.07) is 8.78. The molecular weight excluding hydrogens is 385 g/mol. The standard InChI is InChI=1S/C20H23F3N4O2/c1-3-24-18(28)13(2)14-4-6-15(7-5-14)29-16-9-11-27(12-16)17-8-10-25-19(26-17)20(21,22)23/h4-8,10,13,16H,3,9,11-12H2,1-2H3,(H,24,28)/t13?,16-/m1/s1. The molecule has 1 N–H and O–H groups in total. The molecule has 0 bridgehead atoms. The Morgan fingerprint density at radius 2 is 2.03 bits per heavy atom. The smallest absolute Gasteiger partial charge is 0.451 e. The van der Waals surface area contributed by atoms with Gasteiger partial charge in [0, 0.05) is 25.7 Å². The second-order valence-corrected chi connectivity index (χ2v) is 6.90. The summed E-state index contributed by atoms with van der Waals surface area (Å²) in [5.74, 6) is -0.537. The van der Waals surface area contributed by atoms with Gasteiger partial charge in [-0.05, 0) is 37.6 Å². The quantitative estimate of drug-likeness (QED) is 0.794. The number of amides is 1. The van der Waals surface area contributed by atoms with Crippen LogP contribution in [-0.4, -0.2) is 41.6 Å². The predicted octanol–water partition coefficient (Wildman–Crippen LogP) is 3.39. The van der Waals surface area contributed by atoms with Crippen molar-refractivity contribution in [3.63, 3.8) is 0 Å². The van der Waals surface area contributed by atoms with Gasteiger partial charge in [0.05, 0.1) is 12.5 Å². The molecule has 1 aliphatic rings. The molecule has 3 rings (SSSR count). The van der Waals surface area contributed by atoms with Crippen LogP contribution in [0.25, 0.3) is 0 Å². The van der Waals surface area contributed by atoms with Crippen LogP contribution in [0.15, 0.2) is 36.5 Å². The molecule has 2 aromatic rings. The number of carbonyl (C=O) groups excluding carboxylic acids is 1. The molecule has 1 amide bonds. The van der Waals surface area contributed by atoms with Gasteiger partial charge in [0.15, 0.2) is 0 Å². The second-order valence-electron chi connectivity index (χ2n) is 6.90. The van der Waals surface area contributed by atoms with Gasteiger partial charge in [0.2, 0.25) is 11.7 Å². The lowest BCUT2D eigenvalue weighted by Gasteiger charge is -2.19. The number of rotatable bonds is 6. The highest BCUT2D eigenvalue weighted by Crippen LogP contribution is 2.29. The fourth-order valence-corrected chi connectivity index (χ4v) is 3.20. The predicted molar refractivity (Wildman–Crippen MR) is 102 cm³/mol. The Hall–Kier alpha value is -2.84. The molecule has 156 valence electrons. The van der Waals surface area contributed by atoms with Crippen LogP contribution in [0, 0.1) is 0 Å². The number of aromatic nitrogens is 2. The highest BCUT2D eigenvalue weighted by atomic mass is 19.4. The number of hydrogen-bond donors (Lipinski definition) is 1. The minimum atomic E-state index is -4.57. The second kappa shape index (κ2) is 8.67. The van der Waals surface area contributed by atoms with Gasteiger partial charge < -0.3 is 15.0 Å². The Morgan fingerprint density at radius 3 is 2.69 bits per heavy atom. The minimum absolute atomic E-state index is 0.0318. The maximum Gasteiger partial charge on any atom is 0.451 e. The highest BCUT2D eigenvalue weighted by Gasteiger charge is 2.35. The van der Waals surface area contributed by atoms with E-state index in [9.17, 15) is 18.0 Å². The topological polar surface area (TPSA) is 67.3 Å². The first-order valence-electron chi connectivity index (χ1n) is 9.47. The third-order valence-corrected chi connectivity index (χ3v) is 4.79. The van der Waals surface area contributed by atoms with Crippen molar-refractivity contribution in [1.29, 1.82) is 0 Å². The zero-order valence-electron chi connectivity index (χ0n) is 16.2. The lowest BCUT2D eigenvalue weighted by molar-refractivity contribution is -0.144. The van der Waals surface area contributed by atoms with E-state index in [1.165, 1.54) is 6.07 Å². The van der Waals surface area contributed by atoms with Crippen LogP contribution in [0.1, 0.15) is 37.6 Å². The summed E-state index contributed by atoms with van der Waals surface area (Å²) in [5.41, 5.74) is 0.886. The van der Waals surface area contributed by atoms with Crippen LogP contribution in [-0.2, 0) is 11.0 Å². The molecule has 0 aliphatic carbocycles. The first-order valence-corrected chi connectivity index (χ1v) is 9.47. The van der Waals surface area contributed by atoms with E-state index < -0.39 is 12.0 Å². The summed E-state index contributed by atoms with van der Waals surface area (Å²) in [4.78, 5) is 20.6. The van der Waals surface area contributed by atoms with E-state index in [1.807, 2.05) is 26.0 Å². The van der Waals surface area contributed by atoms with Crippen LogP contribution in [0.2, 0.25) is 0 Å². The van der Waals surface area contributed by atoms with Crippen LogP contribution in [0.3, 0.4) is 0 Å². The fourth-order valence-electron chi connectivity index (χ4n) is 3.20. The Labute approximate surface area is 167 Å². The van der Waals surface area contributed by atoms with E-state index in [4.69, 9.17) is 4.74 Å². The summed E-state index contributed by atoms with van der Waals surface area (Å²) < 4.78 is 44.4. The third-order valence-electron chi connectivity index (χ3n) is 4.79. The summed E-state index contributed by atoms with van der Waals surface area (Å²) in [7, 11) is 0. The van der Waals surface area contributed by atoms with Crippen molar-refractivity contribution in [3.05, 3.63) is 47.9 Å². The molecule has 2 heterocycles. The fraction of sp³-hybridized carbons (Fsp3) is 0.450. The Kier molecular flexibility index (Phi) is 6.24. The van der Waals surface area contributed by atoms with Crippen LogP contribution >= 0.6 is 0 Å². The van der Waals surface area contributed by atoms with Gasteiger partial charge in [-0.3, -0.25) is 4.79 Å².